The summed E-state index contributed by atoms with van der Waals surface area (Å²) in [6.07, 6.45) is 4.73. The molecule has 124 valence electrons. The third-order valence-electron chi connectivity index (χ3n) is 3.60. The van der Waals surface area contributed by atoms with E-state index in [1.165, 1.54) is 11.1 Å². The number of anilines is 1. The number of benzene rings is 1. The number of allylic oxidation sites excluding steroid dienone is 1. The lowest BCUT2D eigenvalue weighted by atomic mass is 10.0. The minimum atomic E-state index is -0.448. The summed E-state index contributed by atoms with van der Waals surface area (Å²) in [5, 5.41) is 3.30. The van der Waals surface area contributed by atoms with Gasteiger partial charge in [0.15, 0.2) is 0 Å². The van der Waals surface area contributed by atoms with Gasteiger partial charge in [0.2, 0.25) is 0 Å². The van der Waals surface area contributed by atoms with Crippen LogP contribution in [0.2, 0.25) is 0 Å². The van der Waals surface area contributed by atoms with Crippen LogP contribution < -0.4 is 5.32 Å². The van der Waals surface area contributed by atoms with Crippen molar-refractivity contribution in [3.05, 3.63) is 53.8 Å². The summed E-state index contributed by atoms with van der Waals surface area (Å²) < 4.78 is 5.41. The van der Waals surface area contributed by atoms with Crippen molar-refractivity contribution in [2.24, 2.45) is 0 Å². The number of nitrogens with one attached hydrogen (secondary N) is 1. The highest BCUT2D eigenvalue weighted by atomic mass is 16.6. The molecule has 0 saturated carbocycles. The zero-order valence-corrected chi connectivity index (χ0v) is 14.4. The molecule has 1 amide bonds. The van der Waals surface area contributed by atoms with Crippen molar-refractivity contribution in [1.29, 1.82) is 0 Å². The smallest absolute Gasteiger partial charge is 0.410 e. The molecule has 0 saturated heterocycles. The lowest BCUT2D eigenvalue weighted by Crippen LogP contribution is -2.39. The van der Waals surface area contributed by atoms with Crippen LogP contribution in [0.3, 0.4) is 0 Å². The Morgan fingerprint density at radius 3 is 2.52 bits per heavy atom. The summed E-state index contributed by atoms with van der Waals surface area (Å²) in [6.45, 7) is 9.04. The van der Waals surface area contributed by atoms with Crippen molar-refractivity contribution in [3.8, 4) is 0 Å². The average Bonchev–Trinajstić information content (AvgIpc) is 2.52. The topological polar surface area (TPSA) is 41.6 Å². The van der Waals surface area contributed by atoms with E-state index < -0.39 is 5.60 Å². The molecule has 2 rings (SSSR count). The van der Waals surface area contributed by atoms with Gasteiger partial charge in [-0.15, -0.1) is 0 Å². The van der Waals surface area contributed by atoms with Gasteiger partial charge in [-0.2, -0.15) is 0 Å². The van der Waals surface area contributed by atoms with Crippen LogP contribution in [0.25, 0.3) is 0 Å². The Balaban J connectivity index is 1.92. The molecule has 4 heteroatoms. The Hall–Kier alpha value is -2.23. The molecule has 0 atom stereocenters. The van der Waals surface area contributed by atoms with Gasteiger partial charge in [0.25, 0.3) is 0 Å². The first-order valence-corrected chi connectivity index (χ1v) is 8.01. The molecular weight excluding hydrogens is 288 g/mol. The van der Waals surface area contributed by atoms with Gasteiger partial charge in [0, 0.05) is 25.0 Å². The van der Waals surface area contributed by atoms with E-state index in [2.05, 4.69) is 18.3 Å². The highest BCUT2D eigenvalue weighted by Crippen LogP contribution is 2.20. The van der Waals surface area contributed by atoms with E-state index in [-0.39, 0.29) is 6.09 Å². The molecule has 1 aliphatic rings. The predicted octanol–water partition coefficient (Wildman–Crippen LogP) is 4.57. The van der Waals surface area contributed by atoms with Gasteiger partial charge in [0.05, 0.1) is 0 Å². The maximum atomic E-state index is 12.0. The van der Waals surface area contributed by atoms with E-state index in [4.69, 9.17) is 4.74 Å². The third kappa shape index (κ3) is 5.47. The first-order valence-electron chi connectivity index (χ1n) is 8.01. The first kappa shape index (κ1) is 17.1. The molecule has 0 unspecified atom stereocenters. The van der Waals surface area contributed by atoms with Crippen molar-refractivity contribution < 1.29 is 9.53 Å². The van der Waals surface area contributed by atoms with Gasteiger partial charge in [-0.1, -0.05) is 24.3 Å². The fourth-order valence-electron chi connectivity index (χ4n) is 2.34. The summed E-state index contributed by atoms with van der Waals surface area (Å²) >= 11 is 0. The second-order valence-electron chi connectivity index (χ2n) is 6.74. The molecule has 1 aliphatic heterocycles. The zero-order valence-electron chi connectivity index (χ0n) is 14.4. The fraction of sp³-hybridized carbons (Fsp3) is 0.421. The lowest BCUT2D eigenvalue weighted by molar-refractivity contribution is 0.0266. The Kier molecular flexibility index (Phi) is 5.48. The summed E-state index contributed by atoms with van der Waals surface area (Å²) in [5.74, 6) is 0. The van der Waals surface area contributed by atoms with E-state index in [1.807, 2.05) is 57.3 Å². The summed E-state index contributed by atoms with van der Waals surface area (Å²) in [6, 6.07) is 10.1. The molecule has 1 aromatic carbocycles. The number of carbonyl (C=O) groups is 1. The molecule has 0 fully saturated rings. The molecule has 1 N–H and O–H groups in total. The van der Waals surface area contributed by atoms with Crippen LogP contribution in [0, 0.1) is 0 Å². The average molecular weight is 314 g/mol. The van der Waals surface area contributed by atoms with Crippen molar-refractivity contribution in [2.75, 3.05) is 18.4 Å². The highest BCUT2D eigenvalue weighted by Gasteiger charge is 2.23. The molecule has 23 heavy (non-hydrogen) atoms. The van der Waals surface area contributed by atoms with Crippen LogP contribution in [0.1, 0.15) is 34.1 Å². The van der Waals surface area contributed by atoms with E-state index in [1.54, 1.807) is 4.90 Å². The van der Waals surface area contributed by atoms with E-state index in [9.17, 15) is 4.79 Å². The summed E-state index contributed by atoms with van der Waals surface area (Å²) in [5.41, 5.74) is 3.08. The number of amides is 1. The van der Waals surface area contributed by atoms with Crippen molar-refractivity contribution in [2.45, 2.75) is 39.7 Å². The molecule has 1 heterocycles. The molecule has 0 aromatic heterocycles. The fourth-order valence-corrected chi connectivity index (χ4v) is 2.34. The zero-order chi connectivity index (χ0) is 16.9. The number of rotatable bonds is 3. The van der Waals surface area contributed by atoms with Crippen LogP contribution in [0.5, 0.6) is 0 Å². The Labute approximate surface area is 138 Å². The van der Waals surface area contributed by atoms with Crippen LogP contribution in [-0.2, 0) is 4.74 Å². The predicted molar refractivity (Wildman–Crippen MR) is 94.3 cm³/mol. The maximum Gasteiger partial charge on any atom is 0.410 e. The number of hydrogen-bond donors (Lipinski definition) is 1. The molecular formula is C19H26N2O2. The van der Waals surface area contributed by atoms with Crippen LogP contribution in [0.4, 0.5) is 10.5 Å². The molecule has 0 spiro atoms. The number of ether oxygens (including phenoxy) is 1. The standard InChI is InChI=1S/C19H26N2O2/c1-15(14-20-17-8-6-5-7-9-17)16-10-12-21(13-11-16)18(22)23-19(2,3)4/h5-10,14,20H,11-13H2,1-4H3/b15-14+. The van der Waals surface area contributed by atoms with Gasteiger partial charge >= 0.3 is 6.09 Å². The van der Waals surface area contributed by atoms with E-state index >= 15 is 0 Å². The third-order valence-corrected chi connectivity index (χ3v) is 3.60. The second-order valence-corrected chi connectivity index (χ2v) is 6.74. The number of nitrogens with zero attached hydrogens (tertiary/aromatic N) is 1. The van der Waals surface area contributed by atoms with Crippen molar-refractivity contribution in [3.63, 3.8) is 0 Å². The Morgan fingerprint density at radius 1 is 1.26 bits per heavy atom. The van der Waals surface area contributed by atoms with Gasteiger partial charge in [-0.25, -0.2) is 4.79 Å². The van der Waals surface area contributed by atoms with Crippen molar-refractivity contribution >= 4 is 11.8 Å². The molecule has 1 aromatic rings. The Bertz CT molecular complexity index is 598. The van der Waals surface area contributed by atoms with Crippen LogP contribution in [0.15, 0.2) is 53.8 Å². The highest BCUT2D eigenvalue weighted by molar-refractivity contribution is 5.68. The molecule has 4 nitrogen and oxygen atoms in total. The van der Waals surface area contributed by atoms with Gasteiger partial charge in [0.1, 0.15) is 5.60 Å². The van der Waals surface area contributed by atoms with Gasteiger partial charge in [-0.3, -0.25) is 0 Å². The number of para-hydroxylation sites is 1. The van der Waals surface area contributed by atoms with E-state index in [0.29, 0.717) is 13.1 Å². The monoisotopic (exact) mass is 314 g/mol. The SMILES string of the molecule is C/C(=C\Nc1ccccc1)C1=CCN(C(=O)OC(C)(C)C)CC1. The van der Waals surface area contributed by atoms with E-state index in [0.717, 1.165) is 12.1 Å². The quantitative estimate of drug-likeness (QED) is 0.888. The van der Waals surface area contributed by atoms with Crippen molar-refractivity contribution in [1.82, 2.24) is 4.90 Å². The molecule has 0 bridgehead atoms. The minimum Gasteiger partial charge on any atom is -0.444 e. The van der Waals surface area contributed by atoms with Crippen LogP contribution in [-0.4, -0.2) is 29.7 Å². The normalized spacial score (nSPS) is 15.9. The molecule has 0 radical (unpaired) electrons. The van der Waals surface area contributed by atoms with Crippen LogP contribution >= 0.6 is 0 Å². The first-order chi connectivity index (χ1) is 10.8. The van der Waals surface area contributed by atoms with Gasteiger partial charge < -0.3 is 15.0 Å². The summed E-state index contributed by atoms with van der Waals surface area (Å²) in [4.78, 5) is 13.8. The maximum absolute atomic E-state index is 12.0. The lowest BCUT2D eigenvalue weighted by Gasteiger charge is -2.29. The second kappa shape index (κ2) is 7.36. The van der Waals surface area contributed by atoms with Gasteiger partial charge in [-0.05, 0) is 57.4 Å². The Morgan fingerprint density at radius 2 is 1.96 bits per heavy atom. The molecule has 0 aliphatic carbocycles. The summed E-state index contributed by atoms with van der Waals surface area (Å²) in [7, 11) is 0. The number of hydrogen-bond acceptors (Lipinski definition) is 3. The minimum absolute atomic E-state index is 0.239. The number of carbonyl (C=O) groups excluding carboxylic acids is 1. The largest absolute Gasteiger partial charge is 0.444 e.